The Morgan fingerprint density at radius 2 is 2.24 bits per heavy atom. The van der Waals surface area contributed by atoms with Crippen LogP contribution in [0.5, 0.6) is 0 Å². The molecule has 7 nitrogen and oxygen atoms in total. The highest BCUT2D eigenvalue weighted by atomic mass is 32.2. The summed E-state index contributed by atoms with van der Waals surface area (Å²) in [5.74, 6) is 1.19. The third-order valence-corrected chi connectivity index (χ3v) is 5.15. The van der Waals surface area contributed by atoms with Crippen molar-refractivity contribution < 1.29 is 14.5 Å². The molecule has 1 heterocycles. The van der Waals surface area contributed by atoms with Crippen LogP contribution in [-0.4, -0.2) is 27.5 Å². The highest BCUT2D eigenvalue weighted by molar-refractivity contribution is 8.13. The molecule has 0 bridgehead atoms. The number of aliphatic imine (C=N–C) groups is 1. The number of non-ortho nitro benzene ring substituents is 1. The molecular formula is C17H21N3O4S. The van der Waals surface area contributed by atoms with Crippen molar-refractivity contribution in [3.8, 4) is 0 Å². The van der Waals surface area contributed by atoms with Crippen LogP contribution < -0.4 is 5.32 Å². The zero-order valence-corrected chi connectivity index (χ0v) is 15.3. The molecule has 1 aromatic rings. The molecule has 0 unspecified atom stereocenters. The quantitative estimate of drug-likeness (QED) is 0.636. The van der Waals surface area contributed by atoms with Crippen molar-refractivity contribution in [2.45, 2.75) is 44.8 Å². The number of nitro benzene ring substituents is 1. The fourth-order valence-electron chi connectivity index (χ4n) is 3.07. The maximum Gasteiger partial charge on any atom is 0.413 e. The average molecular weight is 363 g/mol. The first kappa shape index (κ1) is 17.7. The van der Waals surface area contributed by atoms with Crippen LogP contribution in [0.1, 0.15) is 39.2 Å². The molecule has 2 aliphatic rings. The molecule has 1 aliphatic carbocycles. The first-order valence-corrected chi connectivity index (χ1v) is 9.16. The van der Waals surface area contributed by atoms with E-state index in [1.807, 2.05) is 6.07 Å². The number of benzene rings is 1. The van der Waals surface area contributed by atoms with Crippen LogP contribution in [0.3, 0.4) is 0 Å². The van der Waals surface area contributed by atoms with Gasteiger partial charge in [-0.1, -0.05) is 23.9 Å². The molecule has 0 saturated heterocycles. The molecule has 1 saturated carbocycles. The van der Waals surface area contributed by atoms with Gasteiger partial charge in [0, 0.05) is 17.9 Å². The second-order valence-corrected chi connectivity index (χ2v) is 8.40. The van der Waals surface area contributed by atoms with Gasteiger partial charge in [0.15, 0.2) is 5.17 Å². The number of fused-ring (bicyclic) bond motifs is 1. The Morgan fingerprint density at radius 3 is 2.92 bits per heavy atom. The van der Waals surface area contributed by atoms with Gasteiger partial charge in [-0.3, -0.25) is 20.4 Å². The molecule has 25 heavy (non-hydrogen) atoms. The molecule has 0 radical (unpaired) electrons. The summed E-state index contributed by atoms with van der Waals surface area (Å²) in [6.07, 6.45) is 1.26. The highest BCUT2D eigenvalue weighted by Crippen LogP contribution is 2.59. The Balaban J connectivity index is 1.85. The molecule has 1 fully saturated rings. The van der Waals surface area contributed by atoms with E-state index in [1.54, 1.807) is 32.9 Å². The number of hydrogen-bond acceptors (Lipinski definition) is 6. The molecule has 2 atom stereocenters. The predicted octanol–water partition coefficient (Wildman–Crippen LogP) is 3.83. The molecule has 0 aromatic heterocycles. The lowest BCUT2D eigenvalue weighted by Crippen LogP contribution is -2.35. The van der Waals surface area contributed by atoms with Crippen molar-refractivity contribution in [1.29, 1.82) is 0 Å². The molecule has 0 spiro atoms. The normalized spacial score (nSPS) is 25.2. The van der Waals surface area contributed by atoms with Crippen LogP contribution in [-0.2, 0) is 10.3 Å². The zero-order valence-electron chi connectivity index (χ0n) is 14.4. The summed E-state index contributed by atoms with van der Waals surface area (Å²) < 4.78 is 5.29. The van der Waals surface area contributed by atoms with Gasteiger partial charge in [0.25, 0.3) is 5.69 Å². The number of thioether (sulfide) groups is 1. The fourth-order valence-corrected chi connectivity index (χ4v) is 4.05. The smallest absolute Gasteiger partial charge is 0.413 e. The lowest BCUT2D eigenvalue weighted by molar-refractivity contribution is -0.384. The van der Waals surface area contributed by atoms with Gasteiger partial charge in [0.1, 0.15) is 5.60 Å². The van der Waals surface area contributed by atoms with Crippen LogP contribution in [0, 0.1) is 16.0 Å². The number of amides is 1. The highest BCUT2D eigenvalue weighted by Gasteiger charge is 2.56. The van der Waals surface area contributed by atoms with E-state index >= 15 is 0 Å². The fraction of sp³-hybridized carbons (Fsp3) is 0.529. The monoisotopic (exact) mass is 363 g/mol. The summed E-state index contributed by atoms with van der Waals surface area (Å²) in [5, 5.41) is 14.3. The van der Waals surface area contributed by atoms with Crippen molar-refractivity contribution in [3.05, 3.63) is 39.9 Å². The van der Waals surface area contributed by atoms with Crippen molar-refractivity contribution in [1.82, 2.24) is 5.32 Å². The lowest BCUT2D eigenvalue weighted by Gasteiger charge is -2.20. The van der Waals surface area contributed by atoms with E-state index < -0.39 is 22.2 Å². The molecule has 8 heteroatoms. The van der Waals surface area contributed by atoms with Gasteiger partial charge in [0.2, 0.25) is 0 Å². The van der Waals surface area contributed by atoms with E-state index in [-0.39, 0.29) is 5.69 Å². The van der Waals surface area contributed by atoms with E-state index in [0.29, 0.717) is 11.1 Å². The van der Waals surface area contributed by atoms with Crippen molar-refractivity contribution in [2.24, 2.45) is 10.9 Å². The third-order valence-electron chi connectivity index (χ3n) is 4.24. The molecule has 1 amide bonds. The first-order valence-electron chi connectivity index (χ1n) is 8.17. The van der Waals surface area contributed by atoms with Crippen LogP contribution in [0.15, 0.2) is 29.3 Å². The standard InChI is InChI=1S/C17H21N3O4S/c1-16(2,3)24-15(21)18-14-19-17(10-12(17)7-8-25-14)11-5-4-6-13(9-11)20(22)23/h4-6,9,12H,7-8,10H2,1-3H3,(H,18,19,21)/t12-,17-/m0/s1. The Labute approximate surface area is 150 Å². The Kier molecular flexibility index (Phi) is 4.49. The minimum atomic E-state index is -0.583. The Bertz CT molecular complexity index is 744. The third kappa shape index (κ3) is 3.95. The average Bonchev–Trinajstić information content (AvgIpc) is 3.20. The maximum atomic E-state index is 12.0. The summed E-state index contributed by atoms with van der Waals surface area (Å²) in [4.78, 5) is 27.5. The maximum absolute atomic E-state index is 12.0. The second kappa shape index (κ2) is 6.33. The number of carbonyl (C=O) groups is 1. The van der Waals surface area contributed by atoms with E-state index in [9.17, 15) is 14.9 Å². The van der Waals surface area contributed by atoms with Crippen LogP contribution in [0.25, 0.3) is 0 Å². The van der Waals surface area contributed by atoms with Gasteiger partial charge < -0.3 is 4.74 Å². The minimum Gasteiger partial charge on any atom is -0.444 e. The number of alkyl carbamates (subject to hydrolysis) is 1. The van der Waals surface area contributed by atoms with Gasteiger partial charge in [-0.15, -0.1) is 0 Å². The minimum absolute atomic E-state index is 0.0614. The predicted molar refractivity (Wildman–Crippen MR) is 96.8 cm³/mol. The Morgan fingerprint density at radius 1 is 1.48 bits per heavy atom. The van der Waals surface area contributed by atoms with E-state index in [4.69, 9.17) is 9.73 Å². The van der Waals surface area contributed by atoms with Crippen LogP contribution >= 0.6 is 11.8 Å². The van der Waals surface area contributed by atoms with Gasteiger partial charge >= 0.3 is 6.09 Å². The van der Waals surface area contributed by atoms with Crippen LogP contribution in [0.2, 0.25) is 0 Å². The number of rotatable bonds is 2. The van der Waals surface area contributed by atoms with E-state index in [2.05, 4.69) is 5.32 Å². The van der Waals surface area contributed by atoms with Gasteiger partial charge in [-0.25, -0.2) is 4.79 Å². The molecular weight excluding hydrogens is 342 g/mol. The van der Waals surface area contributed by atoms with Gasteiger partial charge in [0.05, 0.1) is 10.5 Å². The second-order valence-electron chi connectivity index (χ2n) is 7.31. The summed E-state index contributed by atoms with van der Waals surface area (Å²) in [7, 11) is 0. The van der Waals surface area contributed by atoms with Crippen molar-refractivity contribution in [3.63, 3.8) is 0 Å². The van der Waals surface area contributed by atoms with E-state index in [1.165, 1.54) is 17.8 Å². The SMILES string of the molecule is CC(C)(C)OC(=O)NC1=N[C@]2(c3cccc([N+](=O)[O-])c3)C[C@@H]2CCS1. The summed E-state index contributed by atoms with van der Waals surface area (Å²) in [5.41, 5.74) is -0.163. The molecule has 1 N–H and O–H groups in total. The summed E-state index contributed by atoms with van der Waals surface area (Å²) in [6, 6.07) is 6.63. The number of ether oxygens (including phenoxy) is 1. The van der Waals surface area contributed by atoms with Crippen LogP contribution in [0.4, 0.5) is 10.5 Å². The molecule has 3 rings (SSSR count). The number of carbonyl (C=O) groups excluding carboxylic acids is 1. The van der Waals surface area contributed by atoms with E-state index in [0.717, 1.165) is 24.2 Å². The lowest BCUT2D eigenvalue weighted by atomic mass is 10.0. The molecule has 1 aliphatic heterocycles. The van der Waals surface area contributed by atoms with Gasteiger partial charge in [-0.05, 0) is 45.1 Å². The number of nitrogens with zero attached hydrogens (tertiary/aromatic N) is 2. The topological polar surface area (TPSA) is 93.8 Å². The number of amidine groups is 1. The van der Waals surface area contributed by atoms with Gasteiger partial charge in [-0.2, -0.15) is 0 Å². The van der Waals surface area contributed by atoms with Crippen molar-refractivity contribution in [2.75, 3.05) is 5.75 Å². The summed E-state index contributed by atoms with van der Waals surface area (Å²) in [6.45, 7) is 5.41. The summed E-state index contributed by atoms with van der Waals surface area (Å²) >= 11 is 1.48. The zero-order chi connectivity index (χ0) is 18.2. The number of nitrogens with one attached hydrogen (secondary N) is 1. The first-order chi connectivity index (χ1) is 11.7. The number of hydrogen-bond donors (Lipinski definition) is 1. The molecule has 1 aromatic carbocycles. The van der Waals surface area contributed by atoms with Crippen molar-refractivity contribution >= 4 is 28.7 Å². The largest absolute Gasteiger partial charge is 0.444 e. The molecule has 134 valence electrons. The number of nitro groups is 1. The Hall–Kier alpha value is -2.09.